The first kappa shape index (κ1) is 48.0. The van der Waals surface area contributed by atoms with E-state index in [1.807, 2.05) is 12.2 Å². The smallest absolute Gasteiger partial charge is 0.306 e. The molecule has 0 spiro atoms. The molecule has 1 aliphatic rings. The zero-order valence-electron chi connectivity index (χ0n) is 33.5. The van der Waals surface area contributed by atoms with Crippen LogP contribution in [-0.2, 0) is 23.9 Å². The minimum Gasteiger partial charge on any atom is -0.462 e. The maximum atomic E-state index is 12.5. The number of carbonyl (C=O) groups is 3. The summed E-state index contributed by atoms with van der Waals surface area (Å²) in [6.07, 6.45) is 31.6. The van der Waals surface area contributed by atoms with Crippen molar-refractivity contribution in [3.05, 3.63) is 24.3 Å². The number of carbonyl (C=O) groups excluding carboxylic acids is 3. The number of aliphatic hydroxyl groups is 3. The lowest BCUT2D eigenvalue weighted by atomic mass is 9.90. The van der Waals surface area contributed by atoms with Gasteiger partial charge >= 0.3 is 11.9 Å². The molecule has 0 radical (unpaired) electrons. The van der Waals surface area contributed by atoms with Crippen LogP contribution in [0.1, 0.15) is 188 Å². The third-order valence-electron chi connectivity index (χ3n) is 10.7. The topological polar surface area (TPSA) is 130 Å². The minimum atomic E-state index is -0.857. The molecule has 0 aliphatic heterocycles. The standard InChI is InChI=1S/C44H78O8/c1-4-6-21-27-37(46)31-32-40-39(41(47)33-42(40)48)28-23-19-20-24-29-43(49)51-35-38(34-45)52-44(50)30-25-18-16-14-12-10-8-7-9-11-13-15-17-22-26-36(3)5-2/h19,23,31-32,36-40,42,45-46,48H,4-18,20-22,24-30,33-35H2,1-3H3/b23-19-,32-31+/t36?,37-,38-,39+,40+,42+/m0/s1. The van der Waals surface area contributed by atoms with Crippen molar-refractivity contribution in [3.8, 4) is 0 Å². The van der Waals surface area contributed by atoms with Crippen LogP contribution in [-0.4, -0.2) is 64.6 Å². The molecule has 0 amide bonds. The average Bonchev–Trinajstić information content (AvgIpc) is 3.40. The Labute approximate surface area is 317 Å². The number of ketones is 1. The van der Waals surface area contributed by atoms with Crippen LogP contribution in [0.25, 0.3) is 0 Å². The summed E-state index contributed by atoms with van der Waals surface area (Å²) in [5.41, 5.74) is 0. The number of esters is 2. The van der Waals surface area contributed by atoms with Crippen molar-refractivity contribution in [1.29, 1.82) is 0 Å². The molecule has 1 saturated carbocycles. The highest BCUT2D eigenvalue weighted by molar-refractivity contribution is 5.84. The molecule has 0 saturated heterocycles. The van der Waals surface area contributed by atoms with Gasteiger partial charge in [-0.3, -0.25) is 14.4 Å². The number of ether oxygens (including phenoxy) is 2. The molecule has 0 aromatic heterocycles. The van der Waals surface area contributed by atoms with Crippen LogP contribution in [0.2, 0.25) is 0 Å². The second-order valence-corrected chi connectivity index (χ2v) is 15.4. The van der Waals surface area contributed by atoms with Gasteiger partial charge in [-0.2, -0.15) is 0 Å². The Morgan fingerprint density at radius 2 is 1.37 bits per heavy atom. The third-order valence-corrected chi connectivity index (χ3v) is 10.7. The first-order chi connectivity index (χ1) is 25.2. The lowest BCUT2D eigenvalue weighted by molar-refractivity contribution is -0.161. The highest BCUT2D eigenvalue weighted by Gasteiger charge is 2.39. The molecule has 0 bridgehead atoms. The van der Waals surface area contributed by atoms with Crippen molar-refractivity contribution in [3.63, 3.8) is 0 Å². The fourth-order valence-corrected chi connectivity index (χ4v) is 6.92. The normalized spacial score (nSPS) is 19.4. The molecular formula is C44H78O8. The van der Waals surface area contributed by atoms with E-state index in [1.54, 1.807) is 12.2 Å². The van der Waals surface area contributed by atoms with Gasteiger partial charge < -0.3 is 24.8 Å². The Hall–Kier alpha value is -2.03. The van der Waals surface area contributed by atoms with E-state index >= 15 is 0 Å². The second-order valence-electron chi connectivity index (χ2n) is 15.4. The molecule has 8 heteroatoms. The van der Waals surface area contributed by atoms with E-state index in [2.05, 4.69) is 20.8 Å². The maximum absolute atomic E-state index is 12.5. The minimum absolute atomic E-state index is 0.0324. The van der Waals surface area contributed by atoms with Crippen molar-refractivity contribution < 1.29 is 39.2 Å². The number of rotatable bonds is 34. The quantitative estimate of drug-likeness (QED) is 0.0338. The molecule has 3 N–H and O–H groups in total. The Morgan fingerprint density at radius 1 is 0.788 bits per heavy atom. The van der Waals surface area contributed by atoms with E-state index in [1.165, 1.54) is 83.5 Å². The van der Waals surface area contributed by atoms with Gasteiger partial charge in [-0.05, 0) is 38.0 Å². The van der Waals surface area contributed by atoms with Gasteiger partial charge in [0.2, 0.25) is 0 Å². The highest BCUT2D eigenvalue weighted by Crippen LogP contribution is 2.33. The first-order valence-electron chi connectivity index (χ1n) is 21.4. The third kappa shape index (κ3) is 25.1. The largest absolute Gasteiger partial charge is 0.462 e. The molecule has 0 aromatic rings. The summed E-state index contributed by atoms with van der Waals surface area (Å²) in [7, 11) is 0. The van der Waals surface area contributed by atoms with Crippen LogP contribution < -0.4 is 0 Å². The Bertz CT molecular complexity index is 962. The number of hydrogen-bond donors (Lipinski definition) is 3. The lowest BCUT2D eigenvalue weighted by Gasteiger charge is -2.16. The lowest BCUT2D eigenvalue weighted by Crippen LogP contribution is -2.28. The van der Waals surface area contributed by atoms with Crippen molar-refractivity contribution in [2.75, 3.05) is 13.2 Å². The molecule has 0 heterocycles. The Morgan fingerprint density at radius 3 is 1.96 bits per heavy atom. The fraction of sp³-hybridized carbons (Fsp3) is 0.841. The number of unbranched alkanes of at least 4 members (excludes halogenated alkanes) is 16. The van der Waals surface area contributed by atoms with E-state index in [0.29, 0.717) is 32.1 Å². The highest BCUT2D eigenvalue weighted by atomic mass is 16.6. The fourth-order valence-electron chi connectivity index (χ4n) is 6.92. The summed E-state index contributed by atoms with van der Waals surface area (Å²) >= 11 is 0. The second kappa shape index (κ2) is 32.4. The van der Waals surface area contributed by atoms with E-state index in [4.69, 9.17) is 9.47 Å². The molecule has 0 aromatic carbocycles. The monoisotopic (exact) mass is 735 g/mol. The number of hydrogen-bond acceptors (Lipinski definition) is 8. The van der Waals surface area contributed by atoms with Crippen molar-refractivity contribution >= 4 is 17.7 Å². The predicted octanol–water partition coefficient (Wildman–Crippen LogP) is 9.90. The van der Waals surface area contributed by atoms with Gasteiger partial charge in [-0.15, -0.1) is 0 Å². The first-order valence-corrected chi connectivity index (χ1v) is 21.4. The average molecular weight is 735 g/mol. The molecular weight excluding hydrogens is 656 g/mol. The molecule has 6 atom stereocenters. The van der Waals surface area contributed by atoms with Gasteiger partial charge in [-0.1, -0.05) is 161 Å². The zero-order valence-corrected chi connectivity index (χ0v) is 33.5. The van der Waals surface area contributed by atoms with Gasteiger partial charge in [0, 0.05) is 31.1 Å². The van der Waals surface area contributed by atoms with Crippen LogP contribution in [0.3, 0.4) is 0 Å². The van der Waals surface area contributed by atoms with E-state index in [-0.39, 0.29) is 43.0 Å². The van der Waals surface area contributed by atoms with E-state index in [9.17, 15) is 29.7 Å². The Kier molecular flexibility index (Phi) is 29.9. The van der Waals surface area contributed by atoms with Gasteiger partial charge in [0.15, 0.2) is 6.10 Å². The van der Waals surface area contributed by atoms with Crippen LogP contribution in [0.15, 0.2) is 24.3 Å². The number of aliphatic hydroxyl groups excluding tert-OH is 3. The maximum Gasteiger partial charge on any atom is 0.306 e. The molecule has 1 aliphatic carbocycles. The predicted molar refractivity (Wildman–Crippen MR) is 211 cm³/mol. The molecule has 1 rings (SSSR count). The zero-order chi connectivity index (χ0) is 38.2. The summed E-state index contributed by atoms with van der Waals surface area (Å²) in [6.45, 7) is 6.20. The molecule has 52 heavy (non-hydrogen) atoms. The molecule has 8 nitrogen and oxygen atoms in total. The van der Waals surface area contributed by atoms with Crippen molar-refractivity contribution in [2.24, 2.45) is 17.8 Å². The van der Waals surface area contributed by atoms with E-state index in [0.717, 1.165) is 44.4 Å². The summed E-state index contributed by atoms with van der Waals surface area (Å²) in [5, 5.41) is 30.2. The van der Waals surface area contributed by atoms with Crippen LogP contribution in [0.4, 0.5) is 0 Å². The summed E-state index contributed by atoms with van der Waals surface area (Å²) in [5.74, 6) is -0.481. The molecule has 1 fully saturated rings. The van der Waals surface area contributed by atoms with Gasteiger partial charge in [-0.25, -0.2) is 0 Å². The summed E-state index contributed by atoms with van der Waals surface area (Å²) in [4.78, 5) is 36.9. The van der Waals surface area contributed by atoms with Crippen molar-refractivity contribution in [2.45, 2.75) is 206 Å². The summed E-state index contributed by atoms with van der Waals surface area (Å²) < 4.78 is 10.6. The van der Waals surface area contributed by atoms with Crippen LogP contribution in [0, 0.1) is 17.8 Å². The number of allylic oxidation sites excluding steroid dienone is 2. The molecule has 302 valence electrons. The van der Waals surface area contributed by atoms with Crippen molar-refractivity contribution in [1.82, 2.24) is 0 Å². The Balaban J connectivity index is 2.07. The number of Topliss-reactive ketones (excluding diaryl/α,β-unsaturated/α-hetero) is 1. The van der Waals surface area contributed by atoms with E-state index < -0.39 is 30.9 Å². The van der Waals surface area contributed by atoms with Gasteiger partial charge in [0.1, 0.15) is 12.4 Å². The SMILES string of the molecule is CCCCC[C@H](O)/C=C/[C@H]1[C@H](O)CC(=O)[C@@H]1C/C=C\CCCC(=O)OC[C@H](CO)OC(=O)CCCCCCCCCCCCCCCCC(C)CC. The van der Waals surface area contributed by atoms with Crippen LogP contribution in [0.5, 0.6) is 0 Å². The molecule has 1 unspecified atom stereocenters. The summed E-state index contributed by atoms with van der Waals surface area (Å²) in [6, 6.07) is 0. The van der Waals surface area contributed by atoms with Crippen LogP contribution >= 0.6 is 0 Å². The van der Waals surface area contributed by atoms with Gasteiger partial charge in [0.05, 0.1) is 18.8 Å². The van der Waals surface area contributed by atoms with Gasteiger partial charge in [0.25, 0.3) is 0 Å².